The van der Waals surface area contributed by atoms with Crippen molar-refractivity contribution in [3.8, 4) is 57.5 Å². The molecule has 20 aromatic carbocycles. The highest BCUT2D eigenvalue weighted by atomic mass is 32.2. The Kier molecular flexibility index (Phi) is 36.0. The molecule has 0 fully saturated rings. The molecule has 0 aliphatic heterocycles. The number of hydrogen-bond donors (Lipinski definition) is 0. The van der Waals surface area contributed by atoms with Gasteiger partial charge in [-0.2, -0.15) is 0 Å². The molecule has 0 spiro atoms. The molecular formula is C136H127O5S5+5. The molecule has 0 saturated carbocycles. The Morgan fingerprint density at radius 2 is 0.219 bits per heavy atom. The van der Waals surface area contributed by atoms with Crippen molar-refractivity contribution >= 4 is 54.5 Å². The van der Waals surface area contributed by atoms with Crippen molar-refractivity contribution in [3.63, 3.8) is 0 Å². The molecule has 0 aliphatic rings. The fourth-order valence-electron chi connectivity index (χ4n) is 16.0. The fraction of sp³-hybridized carbons (Fsp3) is 0.118. The number of hydrogen-bond acceptors (Lipinski definition) is 5. The van der Waals surface area contributed by atoms with Gasteiger partial charge >= 0.3 is 0 Å². The van der Waals surface area contributed by atoms with Gasteiger partial charge in [0.15, 0.2) is 73.4 Å². The molecule has 0 heterocycles. The third-order valence-corrected chi connectivity index (χ3v) is 35.3. The zero-order valence-electron chi connectivity index (χ0n) is 85.7. The number of benzene rings is 20. The van der Waals surface area contributed by atoms with Crippen molar-refractivity contribution in [2.75, 3.05) is 0 Å². The Bertz CT molecular complexity index is 7280. The summed E-state index contributed by atoms with van der Waals surface area (Å²) < 4.78 is 30.1. The summed E-state index contributed by atoms with van der Waals surface area (Å²) in [6.07, 6.45) is 0. The van der Waals surface area contributed by atoms with Crippen molar-refractivity contribution in [2.45, 2.75) is 181 Å². The van der Waals surface area contributed by atoms with E-state index >= 15 is 0 Å². The lowest BCUT2D eigenvalue weighted by molar-refractivity contribution is 0.481. The maximum atomic E-state index is 6.11. The van der Waals surface area contributed by atoms with Crippen molar-refractivity contribution < 1.29 is 23.7 Å². The van der Waals surface area contributed by atoms with E-state index in [1.807, 2.05) is 84.9 Å². The number of aryl methyl sites for hydroxylation is 8. The van der Waals surface area contributed by atoms with E-state index in [1.54, 1.807) is 0 Å². The minimum Gasteiger partial charge on any atom is -0.457 e. The number of rotatable bonds is 25. The maximum absolute atomic E-state index is 6.11. The van der Waals surface area contributed by atoms with Gasteiger partial charge in [-0.15, -0.1) is 0 Å². The molecule has 0 radical (unpaired) electrons. The SMILES string of the molecule is CC(C)(C)c1ccc([S+](c2ccccc2)c2ccc(Oc3ccccc3)cc2)cc1.Cc1ccc(Oc2ccc([S+](c3ccc(C)cc3)c3ccc(C)cc3)cc2)cc1.Cc1ccc(Oc2ccc([S+](c3ccccc3)c3ccc(C)cc3)cc2)cc1.Cc1ccc([S+](c2ccc(C)cc2)c2ccc(Oc3ccccc3)cc2)cc1.Cc1ccc([S+](c2ccccc2)c2ccc(Oc3ccc(C(C)(C)C)cc3)cc2)cc1. The highest BCUT2D eigenvalue weighted by Gasteiger charge is 2.35. The van der Waals surface area contributed by atoms with Gasteiger partial charge in [0.1, 0.15) is 57.5 Å². The highest BCUT2D eigenvalue weighted by Crippen LogP contribution is 2.42. The van der Waals surface area contributed by atoms with Gasteiger partial charge in [-0.3, -0.25) is 0 Å². The molecule has 0 aromatic heterocycles. The Hall–Kier alpha value is -14.9. The van der Waals surface area contributed by atoms with Crippen LogP contribution in [0.3, 0.4) is 0 Å². The van der Waals surface area contributed by atoms with Crippen LogP contribution in [0.4, 0.5) is 0 Å². The average molecular weight is 2000 g/mol. The quantitative estimate of drug-likeness (QED) is 0.0534. The van der Waals surface area contributed by atoms with Crippen LogP contribution in [0.1, 0.15) is 97.2 Å². The minimum absolute atomic E-state index is 0.136. The summed E-state index contributed by atoms with van der Waals surface area (Å²) in [4.78, 5) is 19.6. The normalized spacial score (nSPS) is 11.7. The molecule has 0 N–H and O–H groups in total. The zero-order chi connectivity index (χ0) is 102. The third-order valence-electron chi connectivity index (χ3n) is 24.2. The summed E-state index contributed by atoms with van der Waals surface area (Å²) in [5, 5.41) is 0. The minimum atomic E-state index is -0.160. The second-order valence-electron chi connectivity index (χ2n) is 38.0. The van der Waals surface area contributed by atoms with Gasteiger partial charge in [0.2, 0.25) is 0 Å². The van der Waals surface area contributed by atoms with Crippen LogP contribution in [-0.2, 0) is 65.3 Å². The van der Waals surface area contributed by atoms with Crippen LogP contribution in [0.25, 0.3) is 0 Å². The molecule has 10 heteroatoms. The van der Waals surface area contributed by atoms with Crippen LogP contribution in [0.5, 0.6) is 57.5 Å². The standard InChI is InChI=1S/C29H29OS.C28H27OS.C27H25OS.2C26H23OS/c1-22-10-18-27(19-11-22)31(26-8-6-5-7-9-26)28-20-16-25(17-21-28)30-24-14-12-23(13-15-24)29(2,3)4;1-28(2,3)22-14-18-26(19-15-22)30(25-12-8-5-9-13-25)27-20-16-24(17-21-27)29-23-10-6-4-7-11-23;1-20-4-10-23(11-5-20)28-24-12-18-27(19-13-24)29(25-14-6-21(2)7-15-25)26-16-8-22(3)9-17-26;1-20-8-14-24(15-9-20)28(25-16-10-21(2)11-17-25)26-18-12-23(13-19-26)27-22-6-4-3-5-7-22;1-20-8-12-22(13-9-20)27-23-14-18-26(19-15-23)28(24-6-4-3-5-7-24)25-16-10-21(2)11-17-25/h5-21H,1-4H3;4-21H,1-3H3;4-19H,1-3H3;2*3-19H,1-2H3/q5*+1. The van der Waals surface area contributed by atoms with Gasteiger partial charge in [0.25, 0.3) is 0 Å². The molecule has 3 unspecified atom stereocenters. The van der Waals surface area contributed by atoms with E-state index in [0.717, 1.165) is 57.5 Å². The number of ether oxygens (including phenoxy) is 5. The van der Waals surface area contributed by atoms with Crippen molar-refractivity contribution in [3.05, 3.63) is 571 Å². The highest BCUT2D eigenvalue weighted by molar-refractivity contribution is 7.98. The fourth-order valence-corrected chi connectivity index (χ4v) is 26.2. The largest absolute Gasteiger partial charge is 0.457 e. The van der Waals surface area contributed by atoms with Crippen molar-refractivity contribution in [1.82, 2.24) is 0 Å². The first-order chi connectivity index (χ1) is 70.9. The molecule has 146 heavy (non-hydrogen) atoms. The molecule has 0 bridgehead atoms. The van der Waals surface area contributed by atoms with E-state index in [-0.39, 0.29) is 65.3 Å². The molecule has 3 atom stereocenters. The second kappa shape index (κ2) is 50.6. The Labute approximate surface area is 880 Å². The van der Waals surface area contributed by atoms with Crippen molar-refractivity contribution in [1.29, 1.82) is 0 Å². The average Bonchev–Trinajstić information content (AvgIpc) is 0.805. The summed E-state index contributed by atoms with van der Waals surface area (Å²) in [6.45, 7) is 30.4. The molecule has 0 saturated heterocycles. The Balaban J connectivity index is 0.000000131. The molecular weight excluding hydrogens is 1870 g/mol. The first-order valence-electron chi connectivity index (χ1n) is 49.5. The molecule has 0 aliphatic carbocycles. The van der Waals surface area contributed by atoms with Gasteiger partial charge in [0, 0.05) is 0 Å². The van der Waals surface area contributed by atoms with E-state index in [1.165, 1.54) is 129 Å². The molecule has 5 nitrogen and oxygen atoms in total. The van der Waals surface area contributed by atoms with E-state index in [4.69, 9.17) is 23.7 Å². The van der Waals surface area contributed by atoms with E-state index in [2.05, 4.69) is 528 Å². The molecule has 726 valence electrons. The summed E-state index contributed by atoms with van der Waals surface area (Å²) in [5.41, 5.74) is 13.1. The smallest absolute Gasteiger partial charge is 0.166 e. The Morgan fingerprint density at radius 3 is 0.377 bits per heavy atom. The molecule has 0 amide bonds. The summed E-state index contributed by atoms with van der Waals surface area (Å²) in [6, 6.07) is 181. The predicted molar refractivity (Wildman–Crippen MR) is 615 cm³/mol. The van der Waals surface area contributed by atoms with Gasteiger partial charge in [0.05, 0.1) is 54.5 Å². The molecule has 20 aromatic rings. The predicted octanol–water partition coefficient (Wildman–Crippen LogP) is 37.9. The molecule has 20 rings (SSSR count). The van der Waals surface area contributed by atoms with Crippen LogP contribution in [0.15, 0.2) is 589 Å². The van der Waals surface area contributed by atoms with Gasteiger partial charge in [-0.25, -0.2) is 0 Å². The van der Waals surface area contributed by atoms with Gasteiger partial charge < -0.3 is 23.7 Å². The lowest BCUT2D eigenvalue weighted by Crippen LogP contribution is -2.11. The van der Waals surface area contributed by atoms with Crippen LogP contribution in [-0.4, -0.2) is 0 Å². The van der Waals surface area contributed by atoms with Crippen molar-refractivity contribution in [2.24, 2.45) is 0 Å². The summed E-state index contributed by atoms with van der Waals surface area (Å²) in [5.74, 6) is 8.56. The Morgan fingerprint density at radius 1 is 0.116 bits per heavy atom. The second-order valence-corrected chi connectivity index (χ2v) is 48.1. The maximum Gasteiger partial charge on any atom is 0.166 e. The monoisotopic (exact) mass is 2000 g/mol. The number of para-hydroxylation sites is 2. The van der Waals surface area contributed by atoms with Crippen LogP contribution in [0.2, 0.25) is 0 Å². The van der Waals surface area contributed by atoms with Crippen LogP contribution in [0, 0.1) is 55.4 Å². The lowest BCUT2D eigenvalue weighted by Gasteiger charge is -2.19. The van der Waals surface area contributed by atoms with Crippen LogP contribution < -0.4 is 23.7 Å². The van der Waals surface area contributed by atoms with Crippen LogP contribution >= 0.6 is 0 Å². The first-order valence-corrected chi connectivity index (χ1v) is 55.6. The van der Waals surface area contributed by atoms with Gasteiger partial charge in [-0.1, -0.05) is 298 Å². The third kappa shape index (κ3) is 29.7. The topological polar surface area (TPSA) is 46.2 Å². The first kappa shape index (κ1) is 104. The lowest BCUT2D eigenvalue weighted by atomic mass is 9.87. The summed E-state index contributed by atoms with van der Waals surface area (Å²) >= 11 is 0. The van der Waals surface area contributed by atoms with E-state index < -0.39 is 0 Å². The summed E-state index contributed by atoms with van der Waals surface area (Å²) in [7, 11) is -0.729. The van der Waals surface area contributed by atoms with E-state index in [9.17, 15) is 0 Å². The van der Waals surface area contributed by atoms with E-state index in [0.29, 0.717) is 0 Å². The van der Waals surface area contributed by atoms with Gasteiger partial charge in [-0.05, 0) is 381 Å². The zero-order valence-corrected chi connectivity index (χ0v) is 89.7.